The summed E-state index contributed by atoms with van der Waals surface area (Å²) in [6.07, 6.45) is 0. The van der Waals surface area contributed by atoms with Gasteiger partial charge in [-0.25, -0.2) is 4.39 Å². The van der Waals surface area contributed by atoms with Crippen molar-refractivity contribution in [2.45, 2.75) is 23.7 Å². The zero-order valence-corrected chi connectivity index (χ0v) is 18.5. The second-order valence-electron chi connectivity index (χ2n) is 7.23. The maximum Gasteiger partial charge on any atom is 0.233 e. The van der Waals surface area contributed by atoms with E-state index in [1.54, 1.807) is 19.2 Å². The van der Waals surface area contributed by atoms with E-state index in [4.69, 9.17) is 4.74 Å². The number of methoxy groups -OCH3 is 1. The summed E-state index contributed by atoms with van der Waals surface area (Å²) in [4.78, 5) is 12.7. The lowest BCUT2D eigenvalue weighted by Gasteiger charge is -2.14. The molecule has 0 aliphatic rings. The fraction of sp³-hybridized carbons (Fsp3) is 0.160. The molecule has 1 atom stereocenters. The Kier molecular flexibility index (Phi) is 6.66. The lowest BCUT2D eigenvalue weighted by molar-refractivity contribution is -0.120. The van der Waals surface area contributed by atoms with Crippen LogP contribution in [0.15, 0.2) is 77.8 Å². The Hall–Kier alpha value is -3.45. The maximum atomic E-state index is 13.3. The fourth-order valence-electron chi connectivity index (χ4n) is 3.28. The molecule has 4 aromatic rings. The highest BCUT2D eigenvalue weighted by Crippen LogP contribution is 2.33. The molecule has 1 aromatic heterocycles. The predicted octanol–water partition coefficient (Wildman–Crippen LogP) is 5.24. The molecule has 0 aliphatic carbocycles. The Bertz CT molecular complexity index is 1230. The van der Waals surface area contributed by atoms with E-state index < -0.39 is 0 Å². The first kappa shape index (κ1) is 21.8. The number of nitrogens with one attached hydrogen (secondary N) is 1. The summed E-state index contributed by atoms with van der Waals surface area (Å²) in [6, 6.07) is 21.5. The van der Waals surface area contributed by atoms with Crippen molar-refractivity contribution in [1.29, 1.82) is 0 Å². The number of hydrogen-bond donors (Lipinski definition) is 1. The van der Waals surface area contributed by atoms with E-state index in [0.29, 0.717) is 17.3 Å². The van der Waals surface area contributed by atoms with Gasteiger partial charge in [0.2, 0.25) is 5.91 Å². The summed E-state index contributed by atoms with van der Waals surface area (Å²) in [6.45, 7) is 2.28. The summed E-state index contributed by atoms with van der Waals surface area (Å²) >= 11 is 1.36. The van der Waals surface area contributed by atoms with E-state index in [1.165, 1.54) is 23.9 Å². The van der Waals surface area contributed by atoms with Gasteiger partial charge in [-0.15, -0.1) is 10.2 Å². The largest absolute Gasteiger partial charge is 0.497 e. The number of hydrogen-bond acceptors (Lipinski definition) is 5. The zero-order chi connectivity index (χ0) is 22.5. The monoisotopic (exact) mass is 447 g/mol. The Morgan fingerprint density at radius 3 is 2.38 bits per heavy atom. The van der Waals surface area contributed by atoms with Gasteiger partial charge in [0, 0.05) is 22.9 Å². The highest BCUT2D eigenvalue weighted by molar-refractivity contribution is 8.00. The van der Waals surface area contributed by atoms with Gasteiger partial charge in [0.1, 0.15) is 22.3 Å². The molecule has 162 valence electrons. The number of rotatable bonds is 7. The molecule has 1 unspecified atom stereocenters. The Morgan fingerprint density at radius 1 is 1.00 bits per heavy atom. The molecule has 1 N–H and O–H groups in total. The molecular formula is C25H22FN3O2S. The van der Waals surface area contributed by atoms with Gasteiger partial charge in [0.25, 0.3) is 0 Å². The van der Waals surface area contributed by atoms with Gasteiger partial charge in [-0.1, -0.05) is 48.2 Å². The van der Waals surface area contributed by atoms with Gasteiger partial charge in [0.15, 0.2) is 0 Å². The molecule has 1 heterocycles. The molecule has 0 saturated heterocycles. The summed E-state index contributed by atoms with van der Waals surface area (Å²) in [5.41, 5.74) is 2.46. The second kappa shape index (κ2) is 9.78. The minimum atomic E-state index is -0.359. The standard InChI is InChI=1S/C25H22FN3O2S/c1-16(24(30)27-15-17-7-13-20(31-2)14-8-17)32-25-22-6-4-3-5-21(22)23(28-29-25)18-9-11-19(26)12-10-18/h3-14,16H,15H2,1-2H3,(H,27,30). The van der Waals surface area contributed by atoms with Crippen LogP contribution in [-0.2, 0) is 11.3 Å². The molecule has 1 amide bonds. The molecule has 0 aliphatic heterocycles. The van der Waals surface area contributed by atoms with Crippen LogP contribution in [0.5, 0.6) is 5.75 Å². The lowest BCUT2D eigenvalue weighted by atomic mass is 10.1. The number of aromatic nitrogens is 2. The summed E-state index contributed by atoms with van der Waals surface area (Å²) in [5, 5.41) is 13.9. The van der Waals surface area contributed by atoms with Gasteiger partial charge in [-0.05, 0) is 48.9 Å². The number of fused-ring (bicyclic) bond motifs is 1. The summed E-state index contributed by atoms with van der Waals surface area (Å²) < 4.78 is 18.5. The topological polar surface area (TPSA) is 64.1 Å². The minimum absolute atomic E-state index is 0.0840. The SMILES string of the molecule is COc1ccc(CNC(=O)C(C)Sc2nnc(-c3ccc(F)cc3)c3ccccc23)cc1. The van der Waals surface area contributed by atoms with Gasteiger partial charge in [-0.2, -0.15) is 0 Å². The molecule has 7 heteroatoms. The average molecular weight is 448 g/mol. The molecule has 32 heavy (non-hydrogen) atoms. The van der Waals surface area contributed by atoms with Crippen LogP contribution in [0.25, 0.3) is 22.0 Å². The normalized spacial score (nSPS) is 11.8. The Balaban J connectivity index is 1.50. The van der Waals surface area contributed by atoms with Crippen molar-refractivity contribution < 1.29 is 13.9 Å². The van der Waals surface area contributed by atoms with Crippen LogP contribution in [0.2, 0.25) is 0 Å². The molecule has 0 bridgehead atoms. The third-order valence-electron chi connectivity index (χ3n) is 5.05. The van der Waals surface area contributed by atoms with E-state index >= 15 is 0 Å². The van der Waals surface area contributed by atoms with E-state index in [9.17, 15) is 9.18 Å². The van der Waals surface area contributed by atoms with Crippen molar-refractivity contribution in [2.24, 2.45) is 0 Å². The Morgan fingerprint density at radius 2 is 1.69 bits per heavy atom. The average Bonchev–Trinajstić information content (AvgIpc) is 2.83. The highest BCUT2D eigenvalue weighted by atomic mass is 32.2. The van der Waals surface area contributed by atoms with E-state index in [0.717, 1.165) is 27.6 Å². The quantitative estimate of drug-likeness (QED) is 0.393. The number of ether oxygens (including phenoxy) is 1. The van der Waals surface area contributed by atoms with Crippen molar-refractivity contribution in [3.05, 3.63) is 84.2 Å². The molecular weight excluding hydrogens is 425 g/mol. The second-order valence-corrected chi connectivity index (χ2v) is 8.56. The van der Waals surface area contributed by atoms with Crippen molar-refractivity contribution in [1.82, 2.24) is 15.5 Å². The summed E-state index contributed by atoms with van der Waals surface area (Å²) in [7, 11) is 1.62. The molecule has 3 aromatic carbocycles. The minimum Gasteiger partial charge on any atom is -0.497 e. The van der Waals surface area contributed by atoms with Crippen LogP contribution in [-0.4, -0.2) is 28.5 Å². The number of carbonyl (C=O) groups excluding carboxylic acids is 1. The van der Waals surface area contributed by atoms with Gasteiger partial charge in [-0.3, -0.25) is 4.79 Å². The number of amides is 1. The zero-order valence-electron chi connectivity index (χ0n) is 17.7. The first-order valence-electron chi connectivity index (χ1n) is 10.1. The first-order chi connectivity index (χ1) is 15.5. The number of halogens is 1. The molecule has 4 rings (SSSR count). The third-order valence-corrected chi connectivity index (χ3v) is 6.15. The molecule has 0 saturated carbocycles. The highest BCUT2D eigenvalue weighted by Gasteiger charge is 2.18. The number of carbonyl (C=O) groups is 1. The van der Waals surface area contributed by atoms with Crippen LogP contribution in [0.4, 0.5) is 4.39 Å². The van der Waals surface area contributed by atoms with E-state index in [2.05, 4.69) is 15.5 Å². The first-order valence-corrected chi connectivity index (χ1v) is 11.0. The Labute approximate surface area is 190 Å². The molecule has 0 radical (unpaired) electrons. The van der Waals surface area contributed by atoms with Gasteiger partial charge in [0.05, 0.1) is 12.4 Å². The van der Waals surface area contributed by atoms with Crippen LogP contribution >= 0.6 is 11.8 Å². The third kappa shape index (κ3) is 4.89. The van der Waals surface area contributed by atoms with E-state index in [1.807, 2.05) is 55.5 Å². The van der Waals surface area contributed by atoms with Crippen molar-refractivity contribution >= 4 is 28.4 Å². The molecule has 0 spiro atoms. The van der Waals surface area contributed by atoms with Crippen LogP contribution in [0.3, 0.4) is 0 Å². The van der Waals surface area contributed by atoms with Crippen molar-refractivity contribution in [3.63, 3.8) is 0 Å². The van der Waals surface area contributed by atoms with Gasteiger partial charge < -0.3 is 10.1 Å². The molecule has 5 nitrogen and oxygen atoms in total. The van der Waals surface area contributed by atoms with Crippen LogP contribution in [0.1, 0.15) is 12.5 Å². The predicted molar refractivity (Wildman–Crippen MR) is 125 cm³/mol. The van der Waals surface area contributed by atoms with Crippen LogP contribution < -0.4 is 10.1 Å². The molecule has 0 fully saturated rings. The fourth-order valence-corrected chi connectivity index (χ4v) is 4.20. The van der Waals surface area contributed by atoms with Crippen molar-refractivity contribution in [3.8, 4) is 17.0 Å². The lowest BCUT2D eigenvalue weighted by Crippen LogP contribution is -2.30. The summed E-state index contributed by atoms with van der Waals surface area (Å²) in [5.74, 6) is 0.394. The number of nitrogens with zero attached hydrogens (tertiary/aromatic N) is 2. The van der Waals surface area contributed by atoms with E-state index in [-0.39, 0.29) is 17.0 Å². The van der Waals surface area contributed by atoms with Gasteiger partial charge >= 0.3 is 0 Å². The maximum absolute atomic E-state index is 13.3. The smallest absolute Gasteiger partial charge is 0.233 e. The number of thioether (sulfide) groups is 1. The van der Waals surface area contributed by atoms with Crippen molar-refractivity contribution in [2.75, 3.05) is 7.11 Å². The number of benzene rings is 3. The van der Waals surface area contributed by atoms with Crippen LogP contribution in [0, 0.1) is 5.82 Å².